The van der Waals surface area contributed by atoms with Crippen molar-refractivity contribution in [3.05, 3.63) is 35.9 Å². The molecule has 1 aromatic carbocycles. The molecule has 2 heterocycles. The third-order valence-corrected chi connectivity index (χ3v) is 7.00. The zero-order valence-electron chi connectivity index (χ0n) is 15.6. The lowest BCUT2D eigenvalue weighted by molar-refractivity contribution is -0.136. The van der Waals surface area contributed by atoms with Crippen molar-refractivity contribution in [2.24, 2.45) is 17.8 Å². The summed E-state index contributed by atoms with van der Waals surface area (Å²) in [5.74, 6) is 2.33. The van der Waals surface area contributed by atoms with Gasteiger partial charge in [-0.1, -0.05) is 43.2 Å². The maximum absolute atomic E-state index is 13.0. The Morgan fingerprint density at radius 1 is 0.960 bits per heavy atom. The van der Waals surface area contributed by atoms with Crippen molar-refractivity contribution < 1.29 is 4.79 Å². The Labute approximate surface area is 152 Å². The molecule has 0 spiro atoms. The second-order valence-corrected chi connectivity index (χ2v) is 8.44. The van der Waals surface area contributed by atoms with Crippen LogP contribution in [0.1, 0.15) is 57.1 Å². The van der Waals surface area contributed by atoms with Crippen LogP contribution in [0.5, 0.6) is 0 Å². The number of likely N-dealkylation sites (tertiary alicyclic amines) is 2. The predicted octanol–water partition coefficient (Wildman–Crippen LogP) is 4.11. The zero-order valence-corrected chi connectivity index (χ0v) is 15.6. The first kappa shape index (κ1) is 17.1. The van der Waals surface area contributed by atoms with E-state index in [2.05, 4.69) is 47.1 Å². The number of nitrogens with zero attached hydrogens (tertiary/aromatic N) is 2. The van der Waals surface area contributed by atoms with E-state index in [1.54, 1.807) is 0 Å². The molecular weight excluding hydrogens is 308 g/mol. The first-order valence-corrected chi connectivity index (χ1v) is 10.3. The van der Waals surface area contributed by atoms with Gasteiger partial charge in [0.1, 0.15) is 0 Å². The van der Waals surface area contributed by atoms with Crippen molar-refractivity contribution in [2.45, 2.75) is 51.5 Å². The average Bonchev–Trinajstić information content (AvgIpc) is 3.12. The Hall–Kier alpha value is -1.35. The highest BCUT2D eigenvalue weighted by Crippen LogP contribution is 2.37. The normalized spacial score (nSPS) is 29.4. The molecule has 1 amide bonds. The number of carbonyl (C=O) groups is 1. The van der Waals surface area contributed by atoms with Crippen LogP contribution in [-0.2, 0) is 4.79 Å². The maximum atomic E-state index is 13.0. The molecule has 136 valence electrons. The molecule has 4 rings (SSSR count). The molecule has 0 bridgehead atoms. The summed E-state index contributed by atoms with van der Waals surface area (Å²) in [6.45, 7) is 6.48. The van der Waals surface area contributed by atoms with Gasteiger partial charge in [-0.25, -0.2) is 0 Å². The summed E-state index contributed by atoms with van der Waals surface area (Å²) in [6.07, 6.45) is 7.50. The zero-order chi connectivity index (χ0) is 17.2. The van der Waals surface area contributed by atoms with E-state index in [1.807, 2.05) is 0 Å². The summed E-state index contributed by atoms with van der Waals surface area (Å²) < 4.78 is 0. The van der Waals surface area contributed by atoms with Crippen LogP contribution >= 0.6 is 0 Å². The van der Waals surface area contributed by atoms with Crippen LogP contribution in [0.15, 0.2) is 30.3 Å². The molecule has 3 unspecified atom stereocenters. The van der Waals surface area contributed by atoms with Crippen LogP contribution in [-0.4, -0.2) is 41.9 Å². The largest absolute Gasteiger partial charge is 0.342 e. The summed E-state index contributed by atoms with van der Waals surface area (Å²) in [5.41, 5.74) is 1.39. The molecule has 3 nitrogen and oxygen atoms in total. The molecular formula is C22H32N2O. The molecule has 0 N–H and O–H groups in total. The van der Waals surface area contributed by atoms with Gasteiger partial charge in [0.05, 0.1) is 0 Å². The van der Waals surface area contributed by atoms with Gasteiger partial charge in [0.2, 0.25) is 5.91 Å². The lowest BCUT2D eigenvalue weighted by Crippen LogP contribution is -2.42. The molecule has 25 heavy (non-hydrogen) atoms. The summed E-state index contributed by atoms with van der Waals surface area (Å²) in [4.78, 5) is 17.8. The predicted molar refractivity (Wildman–Crippen MR) is 101 cm³/mol. The number of rotatable bonds is 3. The monoisotopic (exact) mass is 340 g/mol. The molecule has 0 radical (unpaired) electrons. The maximum Gasteiger partial charge on any atom is 0.225 e. The SMILES string of the molecule is CC(c1ccccc1)N1CCC(C(=O)N2CC3CCCCC3C2)CC1. The Morgan fingerprint density at radius 2 is 1.56 bits per heavy atom. The van der Waals surface area contributed by atoms with E-state index in [4.69, 9.17) is 0 Å². The quantitative estimate of drug-likeness (QED) is 0.827. The number of fused-ring (bicyclic) bond motifs is 1. The van der Waals surface area contributed by atoms with E-state index < -0.39 is 0 Å². The summed E-state index contributed by atoms with van der Waals surface area (Å²) >= 11 is 0. The van der Waals surface area contributed by atoms with Crippen molar-refractivity contribution in [1.29, 1.82) is 0 Å². The third-order valence-electron chi connectivity index (χ3n) is 7.00. The number of amides is 1. The molecule has 3 fully saturated rings. The van der Waals surface area contributed by atoms with Gasteiger partial charge in [-0.05, 0) is 63.1 Å². The van der Waals surface area contributed by atoms with E-state index in [9.17, 15) is 4.79 Å². The number of piperidine rings is 1. The molecule has 1 aliphatic carbocycles. The van der Waals surface area contributed by atoms with Crippen molar-refractivity contribution in [3.8, 4) is 0 Å². The van der Waals surface area contributed by atoms with E-state index in [0.29, 0.717) is 11.9 Å². The number of hydrogen-bond acceptors (Lipinski definition) is 2. The highest BCUT2D eigenvalue weighted by Gasteiger charge is 2.39. The van der Waals surface area contributed by atoms with Crippen LogP contribution < -0.4 is 0 Å². The van der Waals surface area contributed by atoms with Gasteiger partial charge in [-0.15, -0.1) is 0 Å². The minimum Gasteiger partial charge on any atom is -0.342 e. The molecule has 1 aromatic rings. The topological polar surface area (TPSA) is 23.6 Å². The Kier molecular flexibility index (Phi) is 5.12. The molecule has 1 saturated carbocycles. The molecule has 0 aromatic heterocycles. The summed E-state index contributed by atoms with van der Waals surface area (Å²) in [5, 5.41) is 0. The van der Waals surface area contributed by atoms with Gasteiger partial charge in [0.15, 0.2) is 0 Å². The fourth-order valence-electron chi connectivity index (χ4n) is 5.32. The number of carbonyl (C=O) groups excluding carboxylic acids is 1. The van der Waals surface area contributed by atoms with Crippen molar-refractivity contribution in [1.82, 2.24) is 9.80 Å². The van der Waals surface area contributed by atoms with Gasteiger partial charge in [-0.2, -0.15) is 0 Å². The molecule has 3 heteroatoms. The van der Waals surface area contributed by atoms with Crippen molar-refractivity contribution >= 4 is 5.91 Å². The minimum absolute atomic E-state index is 0.263. The Morgan fingerprint density at radius 3 is 2.16 bits per heavy atom. The van der Waals surface area contributed by atoms with Gasteiger partial charge < -0.3 is 4.90 Å². The Balaban J connectivity index is 1.30. The highest BCUT2D eigenvalue weighted by atomic mass is 16.2. The van der Waals surface area contributed by atoms with Crippen LogP contribution in [0.3, 0.4) is 0 Å². The lowest BCUT2D eigenvalue weighted by atomic mass is 9.82. The van der Waals surface area contributed by atoms with E-state index in [0.717, 1.165) is 50.9 Å². The summed E-state index contributed by atoms with van der Waals surface area (Å²) in [7, 11) is 0. The fourth-order valence-corrected chi connectivity index (χ4v) is 5.32. The van der Waals surface area contributed by atoms with Gasteiger partial charge in [0.25, 0.3) is 0 Å². The second kappa shape index (κ2) is 7.49. The average molecular weight is 341 g/mol. The first-order valence-electron chi connectivity index (χ1n) is 10.3. The molecule has 2 saturated heterocycles. The lowest BCUT2D eigenvalue weighted by Gasteiger charge is -2.37. The standard InChI is InChI=1S/C22H32N2O/c1-17(18-7-3-2-4-8-18)23-13-11-19(12-14-23)22(25)24-15-20-9-5-6-10-21(20)16-24/h2-4,7-8,17,19-21H,5-6,9-16H2,1H3. The van der Waals surface area contributed by atoms with Crippen LogP contribution in [0.4, 0.5) is 0 Å². The fraction of sp³-hybridized carbons (Fsp3) is 0.682. The van der Waals surface area contributed by atoms with Crippen LogP contribution in [0.25, 0.3) is 0 Å². The second-order valence-electron chi connectivity index (χ2n) is 8.44. The van der Waals surface area contributed by atoms with Crippen LogP contribution in [0, 0.1) is 17.8 Å². The molecule has 3 atom stereocenters. The van der Waals surface area contributed by atoms with E-state index in [-0.39, 0.29) is 5.92 Å². The Bertz CT molecular complexity index is 565. The molecule has 3 aliphatic rings. The highest BCUT2D eigenvalue weighted by molar-refractivity contribution is 5.79. The third kappa shape index (κ3) is 3.62. The van der Waals surface area contributed by atoms with Crippen LogP contribution in [0.2, 0.25) is 0 Å². The van der Waals surface area contributed by atoms with Crippen molar-refractivity contribution in [3.63, 3.8) is 0 Å². The summed E-state index contributed by atoms with van der Waals surface area (Å²) in [6, 6.07) is 11.2. The van der Waals surface area contributed by atoms with Gasteiger partial charge >= 0.3 is 0 Å². The van der Waals surface area contributed by atoms with E-state index >= 15 is 0 Å². The number of benzene rings is 1. The number of hydrogen-bond donors (Lipinski definition) is 0. The van der Waals surface area contributed by atoms with E-state index in [1.165, 1.54) is 31.2 Å². The smallest absolute Gasteiger partial charge is 0.225 e. The first-order chi connectivity index (χ1) is 12.2. The molecule has 2 aliphatic heterocycles. The minimum atomic E-state index is 0.263. The van der Waals surface area contributed by atoms with Crippen molar-refractivity contribution in [2.75, 3.05) is 26.2 Å². The van der Waals surface area contributed by atoms with Gasteiger partial charge in [0, 0.05) is 25.0 Å². The van der Waals surface area contributed by atoms with Gasteiger partial charge in [-0.3, -0.25) is 9.69 Å².